The van der Waals surface area contributed by atoms with E-state index in [0.29, 0.717) is 17.0 Å². The molecule has 0 unspecified atom stereocenters. The zero-order valence-corrected chi connectivity index (χ0v) is 19.2. The van der Waals surface area contributed by atoms with Gasteiger partial charge in [-0.15, -0.1) is 0 Å². The maximum Gasteiger partial charge on any atom is 0.319 e. The Hall–Kier alpha value is -3.77. The summed E-state index contributed by atoms with van der Waals surface area (Å²) in [6, 6.07) is 16.3. The number of carbonyl (C=O) groups excluding carboxylic acids is 3. The number of ether oxygens (including phenoxy) is 2. The molecule has 1 aliphatic heterocycles. The molecule has 170 valence electrons. The molecule has 9 heteroatoms. The summed E-state index contributed by atoms with van der Waals surface area (Å²) in [6.45, 7) is 1.88. The minimum atomic E-state index is -1.23. The quantitative estimate of drug-likeness (QED) is 0.476. The van der Waals surface area contributed by atoms with Crippen molar-refractivity contribution in [3.8, 4) is 11.8 Å². The number of thioether (sulfide) groups is 1. The van der Waals surface area contributed by atoms with E-state index in [0.717, 1.165) is 17.3 Å². The Morgan fingerprint density at radius 2 is 1.85 bits per heavy atom. The maximum atomic E-state index is 12.9. The molecule has 1 heterocycles. The van der Waals surface area contributed by atoms with Crippen LogP contribution in [0.2, 0.25) is 0 Å². The largest absolute Gasteiger partial charge is 0.497 e. The Morgan fingerprint density at radius 3 is 2.45 bits per heavy atom. The maximum absolute atomic E-state index is 12.9. The predicted octanol–water partition coefficient (Wildman–Crippen LogP) is 3.11. The second kappa shape index (κ2) is 10.7. The zero-order valence-electron chi connectivity index (χ0n) is 18.4. The second-order valence-electron chi connectivity index (χ2n) is 7.25. The molecule has 33 heavy (non-hydrogen) atoms. The summed E-state index contributed by atoms with van der Waals surface area (Å²) in [6.07, 6.45) is 0. The second-order valence-corrected chi connectivity index (χ2v) is 8.23. The lowest BCUT2D eigenvalue weighted by atomic mass is 9.78. The van der Waals surface area contributed by atoms with Crippen molar-refractivity contribution < 1.29 is 23.9 Å². The van der Waals surface area contributed by atoms with Gasteiger partial charge in [-0.2, -0.15) is 5.26 Å². The number of carbonyl (C=O) groups is 3. The van der Waals surface area contributed by atoms with Crippen LogP contribution in [-0.4, -0.2) is 37.8 Å². The average Bonchev–Trinajstić information content (AvgIpc) is 2.83. The van der Waals surface area contributed by atoms with Crippen molar-refractivity contribution in [2.24, 2.45) is 5.92 Å². The topological polar surface area (TPSA) is 118 Å². The fraction of sp³-hybridized carbons (Fsp3) is 0.250. The average molecular weight is 466 g/mol. The van der Waals surface area contributed by atoms with Gasteiger partial charge in [0.05, 0.1) is 36.6 Å². The Kier molecular flexibility index (Phi) is 7.74. The Labute approximate surface area is 195 Å². The summed E-state index contributed by atoms with van der Waals surface area (Å²) >= 11 is 1.03. The van der Waals surface area contributed by atoms with Gasteiger partial charge in [-0.1, -0.05) is 42.1 Å². The van der Waals surface area contributed by atoms with Gasteiger partial charge in [0.2, 0.25) is 11.8 Å². The molecule has 0 saturated heterocycles. The van der Waals surface area contributed by atoms with Crippen LogP contribution < -0.4 is 15.4 Å². The monoisotopic (exact) mass is 465 g/mol. The fourth-order valence-corrected chi connectivity index (χ4v) is 4.38. The highest BCUT2D eigenvalue weighted by Gasteiger charge is 2.44. The van der Waals surface area contributed by atoms with Gasteiger partial charge in [0.1, 0.15) is 11.7 Å². The number of nitriles is 1. The summed E-state index contributed by atoms with van der Waals surface area (Å²) in [7, 11) is 2.72. The highest BCUT2D eigenvalue weighted by atomic mass is 32.2. The molecule has 2 aromatic rings. The number of aryl methyl sites for hydroxylation is 1. The van der Waals surface area contributed by atoms with Gasteiger partial charge in [0.25, 0.3) is 0 Å². The first-order valence-electron chi connectivity index (χ1n) is 10.0. The Morgan fingerprint density at radius 1 is 1.15 bits per heavy atom. The van der Waals surface area contributed by atoms with Crippen molar-refractivity contribution in [3.63, 3.8) is 0 Å². The van der Waals surface area contributed by atoms with E-state index in [1.807, 2.05) is 25.1 Å². The fourth-order valence-electron chi connectivity index (χ4n) is 3.53. The third kappa shape index (κ3) is 5.35. The first kappa shape index (κ1) is 23.9. The number of methoxy groups -OCH3 is 2. The van der Waals surface area contributed by atoms with Crippen LogP contribution in [0.5, 0.6) is 5.75 Å². The number of esters is 1. The first-order chi connectivity index (χ1) is 15.9. The summed E-state index contributed by atoms with van der Waals surface area (Å²) in [5, 5.41) is 15.6. The molecule has 0 aliphatic carbocycles. The lowest BCUT2D eigenvalue weighted by molar-refractivity contribution is -0.150. The summed E-state index contributed by atoms with van der Waals surface area (Å²) in [5.74, 6) is -3.16. The van der Waals surface area contributed by atoms with E-state index in [1.165, 1.54) is 14.2 Å². The number of hydrogen-bond donors (Lipinski definition) is 2. The Balaban J connectivity index is 1.90. The van der Waals surface area contributed by atoms with Gasteiger partial charge in [0, 0.05) is 11.6 Å². The molecule has 8 nitrogen and oxygen atoms in total. The van der Waals surface area contributed by atoms with Crippen LogP contribution in [0.1, 0.15) is 17.0 Å². The van der Waals surface area contributed by atoms with Crippen LogP contribution in [0.15, 0.2) is 59.1 Å². The number of para-hydroxylation sites is 1. The van der Waals surface area contributed by atoms with Crippen molar-refractivity contribution in [2.75, 3.05) is 25.3 Å². The number of benzene rings is 2. The number of anilines is 1. The van der Waals surface area contributed by atoms with Gasteiger partial charge in [0.15, 0.2) is 0 Å². The molecule has 3 rings (SSSR count). The number of nitrogens with one attached hydrogen (secondary N) is 2. The van der Waals surface area contributed by atoms with Crippen LogP contribution in [0, 0.1) is 24.2 Å². The van der Waals surface area contributed by atoms with Gasteiger partial charge in [-0.25, -0.2) is 0 Å². The van der Waals surface area contributed by atoms with Crippen molar-refractivity contribution in [1.29, 1.82) is 5.26 Å². The first-order valence-corrected chi connectivity index (χ1v) is 11.0. The van der Waals surface area contributed by atoms with Crippen LogP contribution in [0.25, 0.3) is 0 Å². The van der Waals surface area contributed by atoms with Gasteiger partial charge >= 0.3 is 5.97 Å². The van der Waals surface area contributed by atoms with Crippen molar-refractivity contribution >= 4 is 35.2 Å². The molecule has 2 amide bonds. The van der Waals surface area contributed by atoms with Crippen LogP contribution in [-0.2, 0) is 19.1 Å². The van der Waals surface area contributed by atoms with Crippen LogP contribution in [0.3, 0.4) is 0 Å². The standard InChI is InChI=1S/C24H23N3O5S/c1-14-6-4-5-7-18(14)26-19(28)13-33-23-17(12-25)20(15-8-10-16(31-2)11-9-15)21(22(29)27-23)24(30)32-3/h4-11,20-21H,13H2,1-3H3,(H,26,28)(H,27,29)/t20-,21-/m0/s1. The number of rotatable bonds is 7. The summed E-state index contributed by atoms with van der Waals surface area (Å²) < 4.78 is 10.0. The molecule has 0 radical (unpaired) electrons. The molecule has 0 saturated carbocycles. The third-order valence-corrected chi connectivity index (χ3v) is 6.24. The highest BCUT2D eigenvalue weighted by molar-refractivity contribution is 8.03. The molecule has 2 N–H and O–H groups in total. The lowest BCUT2D eigenvalue weighted by Crippen LogP contribution is -2.44. The molecule has 0 fully saturated rings. The predicted molar refractivity (Wildman–Crippen MR) is 124 cm³/mol. The molecular formula is C24H23N3O5S. The van der Waals surface area contributed by atoms with Gasteiger partial charge < -0.3 is 20.1 Å². The van der Waals surface area contributed by atoms with Gasteiger partial charge in [-0.3, -0.25) is 14.4 Å². The summed E-state index contributed by atoms with van der Waals surface area (Å²) in [4.78, 5) is 37.8. The highest BCUT2D eigenvalue weighted by Crippen LogP contribution is 2.40. The van der Waals surface area contributed by atoms with Gasteiger partial charge in [-0.05, 0) is 36.2 Å². The molecule has 2 atom stereocenters. The zero-order chi connectivity index (χ0) is 24.0. The van der Waals surface area contributed by atoms with E-state index in [4.69, 9.17) is 9.47 Å². The van der Waals surface area contributed by atoms with Crippen LogP contribution >= 0.6 is 11.8 Å². The Bertz CT molecular complexity index is 1140. The normalized spacial score (nSPS) is 17.6. The van der Waals surface area contributed by atoms with Crippen molar-refractivity contribution in [1.82, 2.24) is 5.32 Å². The molecular weight excluding hydrogens is 442 g/mol. The van der Waals surface area contributed by atoms with E-state index < -0.39 is 23.7 Å². The lowest BCUT2D eigenvalue weighted by Gasteiger charge is -2.31. The number of allylic oxidation sites excluding steroid dienone is 1. The summed E-state index contributed by atoms with van der Waals surface area (Å²) in [5.41, 5.74) is 2.37. The molecule has 0 spiro atoms. The van der Waals surface area contributed by atoms with E-state index in [2.05, 4.69) is 16.7 Å². The van der Waals surface area contributed by atoms with E-state index in [-0.39, 0.29) is 22.3 Å². The van der Waals surface area contributed by atoms with Crippen LogP contribution in [0.4, 0.5) is 5.69 Å². The minimum Gasteiger partial charge on any atom is -0.497 e. The van der Waals surface area contributed by atoms with E-state index >= 15 is 0 Å². The SMILES string of the molecule is COC(=O)[C@@H]1C(=O)NC(SCC(=O)Nc2ccccc2C)=C(C#N)[C@@H]1c1ccc(OC)cc1. The molecule has 1 aliphatic rings. The van der Waals surface area contributed by atoms with E-state index in [9.17, 15) is 19.6 Å². The van der Waals surface area contributed by atoms with Crippen molar-refractivity contribution in [2.45, 2.75) is 12.8 Å². The number of amides is 2. The molecule has 2 aromatic carbocycles. The molecule has 0 aromatic heterocycles. The van der Waals surface area contributed by atoms with Crippen molar-refractivity contribution in [3.05, 3.63) is 70.3 Å². The number of hydrogen-bond acceptors (Lipinski definition) is 7. The number of nitrogens with zero attached hydrogens (tertiary/aromatic N) is 1. The third-order valence-electron chi connectivity index (χ3n) is 5.23. The smallest absolute Gasteiger partial charge is 0.319 e. The van der Waals surface area contributed by atoms with E-state index in [1.54, 1.807) is 30.3 Å². The minimum absolute atomic E-state index is 0.0344. The molecule has 0 bridgehead atoms.